The first-order valence-electron chi connectivity index (χ1n) is 27.5. The molecule has 2 aliphatic heterocycles. The molecule has 4 heteroatoms. The van der Waals surface area contributed by atoms with Crippen LogP contribution in [0.25, 0.3) is 44.2 Å². The van der Waals surface area contributed by atoms with Gasteiger partial charge in [0.05, 0.1) is 16.7 Å². The summed E-state index contributed by atoms with van der Waals surface area (Å²) in [6.45, 7) is 30.7. The molecule has 2 aliphatic carbocycles. The Morgan fingerprint density at radius 3 is 1.79 bits per heavy atom. The molecule has 1 aromatic heterocycles. The molecule has 3 heterocycles. The molecule has 0 saturated carbocycles. The Labute approximate surface area is 446 Å². The molecule has 4 aliphatic rings. The van der Waals surface area contributed by atoms with E-state index in [2.05, 4.69) is 268 Å². The van der Waals surface area contributed by atoms with Gasteiger partial charge in [-0.15, -0.1) is 0 Å². The highest BCUT2D eigenvalue weighted by atomic mass is 15.2. The second-order valence-corrected chi connectivity index (χ2v) is 25.9. The molecule has 9 aromatic rings. The first-order chi connectivity index (χ1) is 35.7. The third-order valence-corrected chi connectivity index (χ3v) is 17.4. The van der Waals surface area contributed by atoms with Crippen LogP contribution in [0.3, 0.4) is 0 Å². The maximum atomic E-state index is 2.70. The van der Waals surface area contributed by atoms with E-state index in [9.17, 15) is 0 Å². The summed E-state index contributed by atoms with van der Waals surface area (Å²) in [7, 11) is 0. The number of aryl methyl sites for hydroxylation is 2. The third-order valence-electron chi connectivity index (χ3n) is 17.4. The molecule has 0 bridgehead atoms. The maximum absolute atomic E-state index is 2.70. The molecule has 75 heavy (non-hydrogen) atoms. The summed E-state index contributed by atoms with van der Waals surface area (Å²) >= 11 is 0. The number of fused-ring (bicyclic) bond motifs is 10. The van der Waals surface area contributed by atoms with Gasteiger partial charge in [-0.25, -0.2) is 0 Å². The van der Waals surface area contributed by atoms with Crippen molar-refractivity contribution in [1.29, 1.82) is 0 Å². The van der Waals surface area contributed by atoms with E-state index in [4.69, 9.17) is 0 Å². The molecule has 13 rings (SSSR count). The van der Waals surface area contributed by atoms with E-state index in [1.54, 1.807) is 0 Å². The fourth-order valence-corrected chi connectivity index (χ4v) is 13.4. The zero-order valence-electron chi connectivity index (χ0n) is 46.4. The summed E-state index contributed by atoms with van der Waals surface area (Å²) in [6, 6.07) is 57.3. The van der Waals surface area contributed by atoms with Gasteiger partial charge in [0.1, 0.15) is 0 Å². The van der Waals surface area contributed by atoms with Crippen LogP contribution in [0.5, 0.6) is 0 Å². The molecular weight excluding hydrogens is 906 g/mol. The average molecular weight is 976 g/mol. The van der Waals surface area contributed by atoms with Crippen LogP contribution in [0.2, 0.25) is 0 Å². The van der Waals surface area contributed by atoms with Crippen molar-refractivity contribution in [3.8, 4) is 16.8 Å². The molecular formula is C71H70BN3. The standard InChI is InChI=1S/C71H70BN3/c1-43-34-46(45-22-16-14-17-23-45)35-44(2)67(43)75-63-42-61-55(54-36-47(68(3,4)5)29-33-60(54)73(61)50-24-18-15-19-25-50)41-59(63)72-58-32-28-48(69(6,7)8)37-62(58)74(64-38-49(70(9,10)11)39-65(75)66(64)72)51-30-31-53-52-26-20-21-27-56(52)71(12,13)57(53)40-51/h15-16,18-42H,14,17H2,1-13H3. The van der Waals surface area contributed by atoms with Gasteiger partial charge in [0.2, 0.25) is 0 Å². The van der Waals surface area contributed by atoms with Crippen molar-refractivity contribution >= 4 is 84.6 Å². The van der Waals surface area contributed by atoms with Crippen LogP contribution >= 0.6 is 0 Å². The highest BCUT2D eigenvalue weighted by Gasteiger charge is 2.46. The van der Waals surface area contributed by atoms with Crippen molar-refractivity contribution in [3.63, 3.8) is 0 Å². The second kappa shape index (κ2) is 16.4. The number of hydrogen-bond acceptors (Lipinski definition) is 2. The Bertz CT molecular complexity index is 3930. The number of nitrogens with zero attached hydrogens (tertiary/aromatic N) is 3. The minimum Gasteiger partial charge on any atom is -0.311 e. The predicted molar refractivity (Wildman–Crippen MR) is 324 cm³/mol. The number of para-hydroxylation sites is 1. The van der Waals surface area contributed by atoms with Gasteiger partial charge in [-0.2, -0.15) is 0 Å². The van der Waals surface area contributed by atoms with Crippen LogP contribution in [0.15, 0.2) is 164 Å². The first-order valence-corrected chi connectivity index (χ1v) is 27.5. The number of anilines is 6. The second-order valence-electron chi connectivity index (χ2n) is 25.9. The van der Waals surface area contributed by atoms with E-state index in [0.717, 1.165) is 12.8 Å². The van der Waals surface area contributed by atoms with Crippen molar-refractivity contribution in [2.75, 3.05) is 9.80 Å². The molecule has 0 saturated heterocycles. The van der Waals surface area contributed by atoms with E-state index in [1.165, 1.54) is 139 Å². The van der Waals surface area contributed by atoms with Crippen LogP contribution in [0.4, 0.5) is 34.1 Å². The highest BCUT2D eigenvalue weighted by molar-refractivity contribution is 7.00. The quantitative estimate of drug-likeness (QED) is 0.163. The summed E-state index contributed by atoms with van der Waals surface area (Å²) in [5.41, 5.74) is 29.3. The van der Waals surface area contributed by atoms with Crippen molar-refractivity contribution in [2.24, 2.45) is 0 Å². The Kier molecular flexibility index (Phi) is 10.3. The van der Waals surface area contributed by atoms with Crippen LogP contribution < -0.4 is 26.2 Å². The zero-order chi connectivity index (χ0) is 52.2. The molecule has 372 valence electrons. The van der Waals surface area contributed by atoms with Crippen LogP contribution in [0.1, 0.15) is 134 Å². The summed E-state index contributed by atoms with van der Waals surface area (Å²) in [5, 5.41) is 2.57. The lowest BCUT2D eigenvalue weighted by Gasteiger charge is -2.46. The zero-order valence-corrected chi connectivity index (χ0v) is 46.4. The Hall–Kier alpha value is -7.30. The molecule has 0 amide bonds. The van der Waals surface area contributed by atoms with Gasteiger partial charge in [0.15, 0.2) is 0 Å². The number of benzene rings is 8. The minimum absolute atomic E-state index is 0.0181. The number of allylic oxidation sites excluding steroid dienone is 4. The van der Waals surface area contributed by atoms with E-state index in [-0.39, 0.29) is 28.4 Å². The molecule has 0 atom stereocenters. The highest BCUT2D eigenvalue weighted by Crippen LogP contribution is 2.53. The van der Waals surface area contributed by atoms with Gasteiger partial charge in [-0.05, 0) is 193 Å². The van der Waals surface area contributed by atoms with Crippen LogP contribution in [0, 0.1) is 13.8 Å². The Balaban J connectivity index is 1.17. The predicted octanol–water partition coefficient (Wildman–Crippen LogP) is 17.4. The van der Waals surface area contributed by atoms with E-state index in [1.807, 2.05) is 0 Å². The Morgan fingerprint density at radius 1 is 0.480 bits per heavy atom. The van der Waals surface area contributed by atoms with Gasteiger partial charge in [0.25, 0.3) is 6.71 Å². The SMILES string of the molecule is Cc1cc(C2=CCCC=C2)cc(C)c1N1c2cc3c(cc2B2c4ccc(C(C)(C)C)cc4N(c4ccc5c(c4)C(C)(C)c4ccccc4-5)c4cc(C(C)(C)C)cc1c42)c1cc(C(C)(C)C)ccc1n3-c1ccccc1. The smallest absolute Gasteiger partial charge is 0.252 e. The van der Waals surface area contributed by atoms with Gasteiger partial charge >= 0.3 is 0 Å². The monoisotopic (exact) mass is 976 g/mol. The number of hydrogen-bond donors (Lipinski definition) is 0. The van der Waals surface area contributed by atoms with Crippen molar-refractivity contribution in [1.82, 2.24) is 4.57 Å². The molecule has 0 fully saturated rings. The maximum Gasteiger partial charge on any atom is 0.252 e. The van der Waals surface area contributed by atoms with Crippen molar-refractivity contribution < 1.29 is 0 Å². The third kappa shape index (κ3) is 7.22. The summed E-state index contributed by atoms with van der Waals surface area (Å²) in [4.78, 5) is 5.36. The van der Waals surface area contributed by atoms with Crippen molar-refractivity contribution in [3.05, 3.63) is 208 Å². The van der Waals surface area contributed by atoms with Gasteiger partial charge < -0.3 is 14.4 Å². The number of aromatic nitrogens is 1. The lowest BCUT2D eigenvalue weighted by atomic mass is 9.33. The lowest BCUT2D eigenvalue weighted by molar-refractivity contribution is 0.590. The first kappa shape index (κ1) is 47.4. The summed E-state index contributed by atoms with van der Waals surface area (Å²) in [6.07, 6.45) is 9.24. The van der Waals surface area contributed by atoms with E-state index < -0.39 is 0 Å². The van der Waals surface area contributed by atoms with Crippen LogP contribution in [-0.4, -0.2) is 11.3 Å². The fraction of sp³-hybridized carbons (Fsp3) is 0.268. The normalized spacial score (nSPS) is 15.5. The average Bonchev–Trinajstić information content (AvgIpc) is 3.91. The Morgan fingerprint density at radius 2 is 1.09 bits per heavy atom. The molecule has 8 aromatic carbocycles. The summed E-state index contributed by atoms with van der Waals surface area (Å²) in [5.74, 6) is 0. The van der Waals surface area contributed by atoms with E-state index >= 15 is 0 Å². The molecule has 0 N–H and O–H groups in total. The largest absolute Gasteiger partial charge is 0.311 e. The van der Waals surface area contributed by atoms with E-state index in [0.29, 0.717) is 0 Å². The van der Waals surface area contributed by atoms with Gasteiger partial charge in [-0.1, -0.05) is 167 Å². The van der Waals surface area contributed by atoms with Crippen LogP contribution in [-0.2, 0) is 21.7 Å². The fourth-order valence-electron chi connectivity index (χ4n) is 13.4. The topological polar surface area (TPSA) is 11.4 Å². The molecule has 3 nitrogen and oxygen atoms in total. The van der Waals surface area contributed by atoms with Gasteiger partial charge in [-0.3, -0.25) is 0 Å². The lowest BCUT2D eigenvalue weighted by Crippen LogP contribution is -2.61. The minimum atomic E-state index is -0.157. The summed E-state index contributed by atoms with van der Waals surface area (Å²) < 4.78 is 2.52. The van der Waals surface area contributed by atoms with Crippen molar-refractivity contribution in [2.45, 2.75) is 125 Å². The number of rotatable bonds is 4. The molecule has 0 unspecified atom stereocenters. The van der Waals surface area contributed by atoms with Gasteiger partial charge in [0, 0.05) is 50.3 Å². The molecule has 0 spiro atoms. The molecule has 0 radical (unpaired) electrons.